The van der Waals surface area contributed by atoms with Crippen LogP contribution in [-0.2, 0) is 0 Å². The second-order valence-corrected chi connectivity index (χ2v) is 11.3. The van der Waals surface area contributed by atoms with Crippen molar-refractivity contribution < 1.29 is 14.8 Å². The van der Waals surface area contributed by atoms with Crippen molar-refractivity contribution in [2.24, 2.45) is 5.92 Å². The van der Waals surface area contributed by atoms with Crippen molar-refractivity contribution in [3.8, 4) is 0 Å². The summed E-state index contributed by atoms with van der Waals surface area (Å²) in [5.74, 6) is -1.02. The molecule has 1 aliphatic heterocycles. The average Bonchev–Trinajstić information content (AvgIpc) is 3.23. The normalized spacial score (nSPS) is 24.2. The fraction of sp³-hybridized carbons (Fsp3) is 0.207. The molecular weight excluding hydrogens is 508 g/mol. The zero-order valence-corrected chi connectivity index (χ0v) is 21.2. The van der Waals surface area contributed by atoms with Gasteiger partial charge in [0.25, 0.3) is 5.69 Å². The standard InChI is InChI=1S/C29H23ClN2O4S/c30-27-25(37-24-11-4-3-10-23(24)32(35)36)15-21-26(27)20-14-17(29(33)34)12-13-22(20)31-28(21)19-9-5-7-16-6-1-2-8-18(16)19/h1-14,21,25-28,31H,15H2,(H,33,34). The predicted molar refractivity (Wildman–Crippen MR) is 147 cm³/mol. The topological polar surface area (TPSA) is 92.5 Å². The second-order valence-electron chi connectivity index (χ2n) is 9.55. The zero-order valence-electron chi connectivity index (χ0n) is 19.6. The van der Waals surface area contributed by atoms with Crippen molar-refractivity contribution in [3.63, 3.8) is 0 Å². The smallest absolute Gasteiger partial charge is 0.335 e. The van der Waals surface area contributed by atoms with Gasteiger partial charge in [-0.25, -0.2) is 4.79 Å². The van der Waals surface area contributed by atoms with Crippen LogP contribution < -0.4 is 5.32 Å². The third kappa shape index (κ3) is 4.12. The predicted octanol–water partition coefficient (Wildman–Crippen LogP) is 7.48. The summed E-state index contributed by atoms with van der Waals surface area (Å²) in [4.78, 5) is 23.7. The van der Waals surface area contributed by atoms with Gasteiger partial charge < -0.3 is 10.4 Å². The number of alkyl halides is 1. The van der Waals surface area contributed by atoms with E-state index >= 15 is 0 Å². The number of benzene rings is 4. The highest BCUT2D eigenvalue weighted by atomic mass is 35.5. The Morgan fingerprint density at radius 1 is 1.00 bits per heavy atom. The van der Waals surface area contributed by atoms with E-state index in [0.29, 0.717) is 4.90 Å². The van der Waals surface area contributed by atoms with E-state index < -0.39 is 5.97 Å². The van der Waals surface area contributed by atoms with Gasteiger partial charge in [0.05, 0.1) is 26.8 Å². The molecule has 0 amide bonds. The Balaban J connectivity index is 1.46. The molecule has 4 aromatic rings. The summed E-state index contributed by atoms with van der Waals surface area (Å²) in [6, 6.07) is 26.5. The van der Waals surface area contributed by atoms with Crippen LogP contribution in [0.15, 0.2) is 89.8 Å². The Kier molecular flexibility index (Phi) is 6.05. The van der Waals surface area contributed by atoms with Gasteiger partial charge in [0, 0.05) is 22.9 Å². The van der Waals surface area contributed by atoms with E-state index in [1.807, 2.05) is 18.2 Å². The van der Waals surface area contributed by atoms with Gasteiger partial charge >= 0.3 is 5.97 Å². The van der Waals surface area contributed by atoms with Crippen molar-refractivity contribution in [1.29, 1.82) is 0 Å². The Bertz CT molecular complexity index is 1540. The summed E-state index contributed by atoms with van der Waals surface area (Å²) in [7, 11) is 0. The lowest BCUT2D eigenvalue weighted by Crippen LogP contribution is -2.31. The molecular formula is C29H23ClN2O4S. The maximum Gasteiger partial charge on any atom is 0.335 e. The summed E-state index contributed by atoms with van der Waals surface area (Å²) in [5, 5.41) is 26.9. The number of anilines is 1. The van der Waals surface area contributed by atoms with Crippen LogP contribution in [0.4, 0.5) is 11.4 Å². The van der Waals surface area contributed by atoms with Gasteiger partial charge in [0.2, 0.25) is 0 Å². The van der Waals surface area contributed by atoms with Crippen LogP contribution in [0.1, 0.15) is 39.9 Å². The molecule has 1 fully saturated rings. The van der Waals surface area contributed by atoms with E-state index in [1.54, 1.807) is 30.3 Å². The molecule has 0 bridgehead atoms. The van der Waals surface area contributed by atoms with Crippen LogP contribution in [0, 0.1) is 16.0 Å². The van der Waals surface area contributed by atoms with Gasteiger partial charge in [0.1, 0.15) is 0 Å². The lowest BCUT2D eigenvalue weighted by Gasteiger charge is -2.39. The van der Waals surface area contributed by atoms with E-state index in [1.165, 1.54) is 23.4 Å². The molecule has 6 rings (SSSR count). The van der Waals surface area contributed by atoms with Gasteiger partial charge in [-0.3, -0.25) is 10.1 Å². The second kappa shape index (κ2) is 9.39. The fourth-order valence-corrected chi connectivity index (χ4v) is 7.89. The molecule has 2 aliphatic rings. The minimum Gasteiger partial charge on any atom is -0.478 e. The number of nitrogens with one attached hydrogen (secondary N) is 1. The lowest BCUT2D eigenvalue weighted by molar-refractivity contribution is -0.387. The van der Waals surface area contributed by atoms with Crippen molar-refractivity contribution in [2.75, 3.05) is 5.32 Å². The molecule has 0 radical (unpaired) electrons. The molecule has 1 aliphatic carbocycles. The number of para-hydroxylation sites is 1. The lowest BCUT2D eigenvalue weighted by atomic mass is 9.76. The summed E-state index contributed by atoms with van der Waals surface area (Å²) in [5.41, 5.74) is 3.24. The SMILES string of the molecule is O=C(O)c1ccc2c(c1)C1C(Cl)C(Sc3ccccc3[N+](=O)[O-])CC1C(c1cccc3ccccc13)N2. The number of carboxylic acids is 1. The molecule has 0 saturated heterocycles. The quantitative estimate of drug-likeness (QED) is 0.158. The average molecular weight is 531 g/mol. The number of thioether (sulfide) groups is 1. The first-order chi connectivity index (χ1) is 17.9. The monoisotopic (exact) mass is 530 g/mol. The molecule has 5 atom stereocenters. The Hall–Kier alpha value is -3.55. The van der Waals surface area contributed by atoms with Gasteiger partial charge in [-0.05, 0) is 58.5 Å². The largest absolute Gasteiger partial charge is 0.478 e. The van der Waals surface area contributed by atoms with Crippen LogP contribution in [0.5, 0.6) is 0 Å². The summed E-state index contributed by atoms with van der Waals surface area (Å²) >= 11 is 8.65. The fourth-order valence-electron chi connectivity index (χ4n) is 5.95. The van der Waals surface area contributed by atoms with E-state index in [2.05, 4.69) is 35.6 Å². The van der Waals surface area contributed by atoms with Crippen LogP contribution in [0.3, 0.4) is 0 Å². The number of hydrogen-bond donors (Lipinski definition) is 2. The first-order valence-corrected chi connectivity index (χ1v) is 13.4. The van der Waals surface area contributed by atoms with Crippen LogP contribution in [-0.4, -0.2) is 26.6 Å². The van der Waals surface area contributed by atoms with E-state index in [-0.39, 0.29) is 44.7 Å². The van der Waals surface area contributed by atoms with Crippen molar-refractivity contribution in [3.05, 3.63) is 112 Å². The number of carboxylic acid groups (broad SMARTS) is 1. The minimum absolute atomic E-state index is 0.0445. The van der Waals surface area contributed by atoms with Gasteiger partial charge in [-0.15, -0.1) is 23.4 Å². The Morgan fingerprint density at radius 3 is 2.57 bits per heavy atom. The first-order valence-electron chi connectivity index (χ1n) is 12.1. The van der Waals surface area contributed by atoms with Gasteiger partial charge in [0.15, 0.2) is 0 Å². The van der Waals surface area contributed by atoms with E-state index in [4.69, 9.17) is 11.6 Å². The maximum atomic E-state index is 11.8. The molecule has 1 heterocycles. The number of nitro benzene ring substituents is 1. The molecule has 186 valence electrons. The molecule has 0 aromatic heterocycles. The van der Waals surface area contributed by atoms with Crippen molar-refractivity contribution in [1.82, 2.24) is 0 Å². The van der Waals surface area contributed by atoms with Crippen molar-refractivity contribution >= 4 is 51.5 Å². The third-order valence-corrected chi connectivity index (χ3v) is 9.67. The minimum atomic E-state index is -0.981. The number of carbonyl (C=O) groups is 1. The molecule has 2 N–H and O–H groups in total. The molecule has 8 heteroatoms. The number of rotatable bonds is 5. The zero-order chi connectivity index (χ0) is 25.7. The first kappa shape index (κ1) is 23.8. The summed E-state index contributed by atoms with van der Waals surface area (Å²) < 4.78 is 0. The third-order valence-electron chi connectivity index (χ3n) is 7.56. The highest BCUT2D eigenvalue weighted by molar-refractivity contribution is 8.00. The molecule has 4 aromatic carbocycles. The summed E-state index contributed by atoms with van der Waals surface area (Å²) in [6.07, 6.45) is 0.729. The molecule has 37 heavy (non-hydrogen) atoms. The number of hydrogen-bond acceptors (Lipinski definition) is 5. The number of nitrogens with zero attached hydrogens (tertiary/aromatic N) is 1. The number of aromatic carboxylic acids is 1. The number of nitro groups is 1. The maximum absolute atomic E-state index is 11.8. The highest BCUT2D eigenvalue weighted by Gasteiger charge is 2.50. The molecule has 6 nitrogen and oxygen atoms in total. The van der Waals surface area contributed by atoms with Crippen molar-refractivity contribution in [2.45, 2.75) is 33.9 Å². The van der Waals surface area contributed by atoms with Crippen LogP contribution >= 0.6 is 23.4 Å². The number of halogens is 1. The molecule has 1 saturated carbocycles. The van der Waals surface area contributed by atoms with Gasteiger partial charge in [-0.1, -0.05) is 54.6 Å². The van der Waals surface area contributed by atoms with Crippen LogP contribution in [0.25, 0.3) is 10.8 Å². The van der Waals surface area contributed by atoms with Gasteiger partial charge in [-0.2, -0.15) is 0 Å². The highest BCUT2D eigenvalue weighted by Crippen LogP contribution is 2.58. The Morgan fingerprint density at radius 2 is 1.76 bits per heavy atom. The van der Waals surface area contributed by atoms with E-state index in [9.17, 15) is 20.0 Å². The summed E-state index contributed by atoms with van der Waals surface area (Å²) in [6.45, 7) is 0. The van der Waals surface area contributed by atoms with Crippen LogP contribution in [0.2, 0.25) is 0 Å². The Labute approximate surface area is 222 Å². The van der Waals surface area contributed by atoms with E-state index in [0.717, 1.165) is 28.4 Å². The number of fused-ring (bicyclic) bond motifs is 4. The molecule has 0 spiro atoms. The molecule has 5 unspecified atom stereocenters.